The number of hydrogen-bond acceptors (Lipinski definition) is 5. The number of nitrogens with zero attached hydrogens (tertiary/aromatic N) is 2. The number of halogens is 2. The van der Waals surface area contributed by atoms with Gasteiger partial charge in [-0.05, 0) is 29.8 Å². The van der Waals surface area contributed by atoms with Crippen LogP contribution >= 0.6 is 23.2 Å². The molecule has 3 aromatic rings. The van der Waals surface area contributed by atoms with Crippen LogP contribution in [0.4, 0.5) is 11.5 Å². The molecule has 0 aliphatic carbocycles. The molecule has 0 aliphatic rings. The van der Waals surface area contributed by atoms with Crippen molar-refractivity contribution in [3.05, 3.63) is 69.7 Å². The number of anilines is 2. The zero-order valence-electron chi connectivity index (χ0n) is 16.6. The summed E-state index contributed by atoms with van der Waals surface area (Å²) in [5.41, 5.74) is 1.45. The van der Waals surface area contributed by atoms with E-state index in [2.05, 4.69) is 20.8 Å². The second-order valence-corrected chi connectivity index (χ2v) is 8.48. The van der Waals surface area contributed by atoms with Gasteiger partial charge in [0.25, 0.3) is 5.91 Å². The third-order valence-corrected chi connectivity index (χ3v) is 4.51. The minimum atomic E-state index is -0.368. The van der Waals surface area contributed by atoms with Gasteiger partial charge in [-0.1, -0.05) is 61.3 Å². The molecule has 0 unspecified atom stereocenters. The number of benzene rings is 1. The van der Waals surface area contributed by atoms with E-state index in [1.165, 1.54) is 12.1 Å². The molecule has 0 bridgehead atoms. The first-order chi connectivity index (χ1) is 14.1. The van der Waals surface area contributed by atoms with Crippen LogP contribution in [0.5, 0.6) is 0 Å². The van der Waals surface area contributed by atoms with Crippen LogP contribution in [0.1, 0.15) is 42.5 Å². The maximum absolute atomic E-state index is 12.3. The van der Waals surface area contributed by atoms with Gasteiger partial charge in [0.1, 0.15) is 16.1 Å². The van der Waals surface area contributed by atoms with E-state index >= 15 is 0 Å². The van der Waals surface area contributed by atoms with E-state index < -0.39 is 0 Å². The van der Waals surface area contributed by atoms with Crippen molar-refractivity contribution < 1.29 is 14.1 Å². The maximum Gasteiger partial charge on any atom is 0.255 e. The Morgan fingerprint density at radius 1 is 1.00 bits per heavy atom. The minimum absolute atomic E-state index is 0.135. The molecule has 0 aliphatic heterocycles. The molecular formula is C21H20Cl2N4O3. The van der Waals surface area contributed by atoms with E-state index in [-0.39, 0.29) is 34.0 Å². The fourth-order valence-electron chi connectivity index (χ4n) is 2.57. The summed E-state index contributed by atoms with van der Waals surface area (Å²) in [5, 5.41) is 9.60. The number of amides is 2. The van der Waals surface area contributed by atoms with Crippen molar-refractivity contribution in [2.45, 2.75) is 32.6 Å². The highest BCUT2D eigenvalue weighted by Crippen LogP contribution is 2.24. The first-order valence-electron chi connectivity index (χ1n) is 9.10. The van der Waals surface area contributed by atoms with E-state index in [1.807, 2.05) is 20.8 Å². The number of carbonyl (C=O) groups excluding carboxylic acids is 2. The van der Waals surface area contributed by atoms with Gasteiger partial charge in [0, 0.05) is 22.7 Å². The van der Waals surface area contributed by atoms with E-state index in [0.717, 1.165) is 5.56 Å². The van der Waals surface area contributed by atoms with Crippen molar-refractivity contribution in [3.8, 4) is 0 Å². The molecule has 0 radical (unpaired) electrons. The summed E-state index contributed by atoms with van der Waals surface area (Å²) < 4.78 is 5.26. The second-order valence-electron chi connectivity index (χ2n) is 7.70. The predicted octanol–water partition coefficient (Wildman–Crippen LogP) is 5.11. The summed E-state index contributed by atoms with van der Waals surface area (Å²) in [6.07, 6.45) is 0.154. The molecule has 9 heteroatoms. The lowest BCUT2D eigenvalue weighted by Crippen LogP contribution is -2.15. The molecule has 0 atom stereocenters. The van der Waals surface area contributed by atoms with Crippen LogP contribution in [0, 0.1) is 0 Å². The monoisotopic (exact) mass is 446 g/mol. The van der Waals surface area contributed by atoms with E-state index in [9.17, 15) is 9.59 Å². The zero-order chi connectivity index (χ0) is 21.9. The third kappa shape index (κ3) is 5.81. The smallest absolute Gasteiger partial charge is 0.255 e. The fourth-order valence-corrected chi connectivity index (χ4v) is 3.03. The summed E-state index contributed by atoms with van der Waals surface area (Å²) in [6, 6.07) is 11.5. The van der Waals surface area contributed by atoms with Crippen molar-refractivity contribution in [1.29, 1.82) is 0 Å². The number of nitrogens with one attached hydrogen (secondary N) is 2. The normalized spacial score (nSPS) is 11.2. The molecule has 1 aromatic carbocycles. The Labute approximate surface area is 183 Å². The second kappa shape index (κ2) is 8.85. The van der Waals surface area contributed by atoms with Crippen LogP contribution < -0.4 is 10.6 Å². The highest BCUT2D eigenvalue weighted by Gasteiger charge is 2.20. The summed E-state index contributed by atoms with van der Waals surface area (Å²) >= 11 is 11.6. The molecule has 2 aromatic heterocycles. The summed E-state index contributed by atoms with van der Waals surface area (Å²) in [7, 11) is 0. The fraction of sp³-hybridized carbons (Fsp3) is 0.238. The van der Waals surface area contributed by atoms with Crippen LogP contribution in [0.2, 0.25) is 10.3 Å². The molecule has 7 nitrogen and oxygen atoms in total. The Kier molecular flexibility index (Phi) is 6.43. The van der Waals surface area contributed by atoms with Gasteiger partial charge in [0.05, 0.1) is 6.42 Å². The van der Waals surface area contributed by atoms with Gasteiger partial charge in [0.15, 0.2) is 5.82 Å². The zero-order valence-corrected chi connectivity index (χ0v) is 18.1. The average molecular weight is 447 g/mol. The quantitative estimate of drug-likeness (QED) is 0.530. The third-order valence-electron chi connectivity index (χ3n) is 4.12. The number of pyridine rings is 1. The molecular weight excluding hydrogens is 427 g/mol. The number of carbonyl (C=O) groups is 2. The molecule has 0 fully saturated rings. The molecule has 0 spiro atoms. The summed E-state index contributed by atoms with van der Waals surface area (Å²) in [5.74, 6) is 0.479. The van der Waals surface area contributed by atoms with E-state index in [4.69, 9.17) is 27.7 Å². The SMILES string of the molecule is CC(C)(C)c1cc(NC(=O)Cc2ccc(NC(=O)c3cc(Cl)nc(Cl)c3)cc2)no1. The number of rotatable bonds is 5. The molecule has 0 saturated heterocycles. The summed E-state index contributed by atoms with van der Waals surface area (Å²) in [4.78, 5) is 28.4. The molecule has 156 valence electrons. The van der Waals surface area contributed by atoms with Crippen molar-refractivity contribution >= 4 is 46.5 Å². The summed E-state index contributed by atoms with van der Waals surface area (Å²) in [6.45, 7) is 5.99. The van der Waals surface area contributed by atoms with E-state index in [1.54, 1.807) is 30.3 Å². The minimum Gasteiger partial charge on any atom is -0.359 e. The van der Waals surface area contributed by atoms with Gasteiger partial charge in [0.2, 0.25) is 5.91 Å². The van der Waals surface area contributed by atoms with E-state index in [0.29, 0.717) is 22.8 Å². The Morgan fingerprint density at radius 2 is 1.63 bits per heavy atom. The van der Waals surface area contributed by atoms with Crippen LogP contribution in [0.15, 0.2) is 47.0 Å². The van der Waals surface area contributed by atoms with Crippen LogP contribution in [-0.2, 0) is 16.6 Å². The van der Waals surface area contributed by atoms with Gasteiger partial charge >= 0.3 is 0 Å². The van der Waals surface area contributed by atoms with Crippen molar-refractivity contribution in [3.63, 3.8) is 0 Å². The average Bonchev–Trinajstić information content (AvgIpc) is 3.11. The van der Waals surface area contributed by atoms with Crippen molar-refractivity contribution in [1.82, 2.24) is 10.1 Å². The van der Waals surface area contributed by atoms with Crippen molar-refractivity contribution in [2.24, 2.45) is 0 Å². The lowest BCUT2D eigenvalue weighted by atomic mass is 9.93. The lowest BCUT2D eigenvalue weighted by molar-refractivity contribution is -0.115. The number of hydrogen-bond donors (Lipinski definition) is 2. The molecule has 2 N–H and O–H groups in total. The topological polar surface area (TPSA) is 97.1 Å². The molecule has 2 heterocycles. The Hall–Kier alpha value is -2.90. The predicted molar refractivity (Wildman–Crippen MR) is 116 cm³/mol. The van der Waals surface area contributed by atoms with Gasteiger partial charge in [-0.3, -0.25) is 9.59 Å². The van der Waals surface area contributed by atoms with Gasteiger partial charge < -0.3 is 15.2 Å². The Morgan fingerprint density at radius 3 is 2.20 bits per heavy atom. The standard InChI is InChI=1S/C21H20Cl2N4O3/c1-21(2,3)15-11-18(27-30-15)26-19(28)8-12-4-6-14(7-5-12)24-20(29)13-9-16(22)25-17(23)10-13/h4-7,9-11H,8H2,1-3H3,(H,24,29)(H,26,27,28). The molecule has 0 saturated carbocycles. The van der Waals surface area contributed by atoms with Crippen molar-refractivity contribution in [2.75, 3.05) is 10.6 Å². The van der Waals surface area contributed by atoms with Crippen LogP contribution in [0.25, 0.3) is 0 Å². The number of aromatic nitrogens is 2. The molecule has 2 amide bonds. The first kappa shape index (κ1) is 21.8. The van der Waals surface area contributed by atoms with Crippen LogP contribution in [0.3, 0.4) is 0 Å². The Bertz CT molecular complexity index is 1050. The first-order valence-corrected chi connectivity index (χ1v) is 9.86. The largest absolute Gasteiger partial charge is 0.359 e. The maximum atomic E-state index is 12.3. The lowest BCUT2D eigenvalue weighted by Gasteiger charge is -2.12. The van der Waals surface area contributed by atoms with Gasteiger partial charge in [-0.2, -0.15) is 0 Å². The van der Waals surface area contributed by atoms with Crippen LogP contribution in [-0.4, -0.2) is 22.0 Å². The van der Waals surface area contributed by atoms with Gasteiger partial charge in [-0.25, -0.2) is 4.98 Å². The molecule has 3 rings (SSSR count). The highest BCUT2D eigenvalue weighted by molar-refractivity contribution is 6.33. The van der Waals surface area contributed by atoms with Gasteiger partial charge in [-0.15, -0.1) is 0 Å². The Balaban J connectivity index is 1.58. The molecule has 30 heavy (non-hydrogen) atoms. The highest BCUT2D eigenvalue weighted by atomic mass is 35.5.